The second-order valence-corrected chi connectivity index (χ2v) is 5.58. The lowest BCUT2D eigenvalue weighted by atomic mass is 10.0. The highest BCUT2D eigenvalue weighted by Gasteiger charge is 2.39. The van der Waals surface area contributed by atoms with Gasteiger partial charge in [0.1, 0.15) is 5.69 Å². The minimum absolute atomic E-state index is 0.114. The Bertz CT molecular complexity index is 730. The quantitative estimate of drug-likeness (QED) is 0.839. The fourth-order valence-corrected chi connectivity index (χ4v) is 2.46. The Morgan fingerprint density at radius 1 is 1.48 bits per heavy atom. The van der Waals surface area contributed by atoms with E-state index in [1.165, 1.54) is 4.90 Å². The van der Waals surface area contributed by atoms with Crippen LogP contribution >= 0.6 is 0 Å². The molecule has 1 saturated heterocycles. The van der Waals surface area contributed by atoms with E-state index >= 15 is 0 Å². The van der Waals surface area contributed by atoms with Crippen molar-refractivity contribution in [3.05, 3.63) is 36.3 Å². The fourth-order valence-electron chi connectivity index (χ4n) is 2.46. The molecule has 3 N–H and O–H groups in total. The highest BCUT2D eigenvalue weighted by molar-refractivity contribution is 5.94. The first-order valence-electron chi connectivity index (χ1n) is 7.18. The molecule has 3 rings (SSSR count). The first-order chi connectivity index (χ1) is 11.0. The van der Waals surface area contributed by atoms with E-state index < -0.39 is 11.5 Å². The summed E-state index contributed by atoms with van der Waals surface area (Å²) in [6, 6.07) is 5.32. The van der Waals surface area contributed by atoms with Crippen LogP contribution in [0, 0.1) is 0 Å². The number of hydrogen-bond acceptors (Lipinski definition) is 5. The standard InChI is InChI=1S/C15H17N5O3/c1-15(14(16)22)9-20(5-6-23-15)13(21)12-7-11(18-19-12)10-3-2-4-17-8-10/h2-4,7-8H,5-6,9H2,1H3,(H2,16,22)(H,18,19)/t15-/m0/s1. The number of amides is 2. The molecule has 2 aromatic heterocycles. The van der Waals surface area contributed by atoms with Crippen LogP contribution in [0.3, 0.4) is 0 Å². The van der Waals surface area contributed by atoms with E-state index in [-0.39, 0.29) is 19.1 Å². The molecular weight excluding hydrogens is 298 g/mol. The van der Waals surface area contributed by atoms with Gasteiger partial charge in [0.15, 0.2) is 5.60 Å². The van der Waals surface area contributed by atoms with Gasteiger partial charge >= 0.3 is 0 Å². The molecule has 8 heteroatoms. The Labute approximate surface area is 132 Å². The normalized spacial score (nSPS) is 21.2. The number of primary amides is 1. The number of pyridine rings is 1. The van der Waals surface area contributed by atoms with Crippen molar-refractivity contribution in [3.63, 3.8) is 0 Å². The molecule has 8 nitrogen and oxygen atoms in total. The number of H-pyrrole nitrogens is 1. The smallest absolute Gasteiger partial charge is 0.272 e. The molecule has 120 valence electrons. The van der Waals surface area contributed by atoms with E-state index in [1.807, 2.05) is 6.07 Å². The number of aromatic amines is 1. The van der Waals surface area contributed by atoms with Crippen molar-refractivity contribution >= 4 is 11.8 Å². The van der Waals surface area contributed by atoms with Gasteiger partial charge < -0.3 is 15.4 Å². The average Bonchev–Trinajstić information content (AvgIpc) is 3.05. The molecule has 1 aliphatic rings. The lowest BCUT2D eigenvalue weighted by Gasteiger charge is -2.38. The van der Waals surface area contributed by atoms with Gasteiger partial charge in [0.25, 0.3) is 11.8 Å². The van der Waals surface area contributed by atoms with E-state index in [1.54, 1.807) is 31.5 Å². The summed E-state index contributed by atoms with van der Waals surface area (Å²) in [5.74, 6) is -0.834. The Balaban J connectivity index is 1.79. The number of nitrogens with zero attached hydrogens (tertiary/aromatic N) is 3. The maximum atomic E-state index is 12.6. The Morgan fingerprint density at radius 3 is 3.00 bits per heavy atom. The maximum Gasteiger partial charge on any atom is 0.272 e. The zero-order chi connectivity index (χ0) is 16.4. The second kappa shape index (κ2) is 5.81. The van der Waals surface area contributed by atoms with Crippen LogP contribution in [0.2, 0.25) is 0 Å². The van der Waals surface area contributed by atoms with Crippen LogP contribution in [0.15, 0.2) is 30.6 Å². The number of carbonyl (C=O) groups excluding carboxylic acids is 2. The summed E-state index contributed by atoms with van der Waals surface area (Å²) in [6.07, 6.45) is 3.34. The summed E-state index contributed by atoms with van der Waals surface area (Å²) in [5.41, 5.74) is 5.98. The number of nitrogens with two attached hydrogens (primary N) is 1. The van der Waals surface area contributed by atoms with Crippen LogP contribution in [-0.4, -0.2) is 57.2 Å². The molecule has 23 heavy (non-hydrogen) atoms. The number of carbonyl (C=O) groups is 2. The van der Waals surface area contributed by atoms with E-state index in [9.17, 15) is 9.59 Å². The Morgan fingerprint density at radius 2 is 2.30 bits per heavy atom. The van der Waals surface area contributed by atoms with Gasteiger partial charge in [-0.1, -0.05) is 0 Å². The zero-order valence-electron chi connectivity index (χ0n) is 12.7. The van der Waals surface area contributed by atoms with Gasteiger partial charge in [0, 0.05) is 24.5 Å². The number of rotatable bonds is 3. The van der Waals surface area contributed by atoms with Gasteiger partial charge in [-0.15, -0.1) is 0 Å². The predicted octanol–water partition coefficient (Wildman–Crippen LogP) is 0.188. The number of hydrogen-bond donors (Lipinski definition) is 2. The molecule has 0 spiro atoms. The molecule has 2 aromatic rings. The maximum absolute atomic E-state index is 12.6. The molecule has 0 saturated carbocycles. The first kappa shape index (κ1) is 15.2. The number of nitrogens with one attached hydrogen (secondary N) is 1. The molecule has 0 aliphatic carbocycles. The Hall–Kier alpha value is -2.74. The van der Waals surface area contributed by atoms with Crippen LogP contribution in [0.5, 0.6) is 0 Å². The predicted molar refractivity (Wildman–Crippen MR) is 81.3 cm³/mol. The third kappa shape index (κ3) is 2.93. The van der Waals surface area contributed by atoms with Crippen LogP contribution in [0.4, 0.5) is 0 Å². The third-order valence-electron chi connectivity index (χ3n) is 3.85. The van der Waals surface area contributed by atoms with Crippen molar-refractivity contribution in [1.82, 2.24) is 20.1 Å². The van der Waals surface area contributed by atoms with Crippen LogP contribution in [0.1, 0.15) is 17.4 Å². The van der Waals surface area contributed by atoms with Crippen LogP contribution in [-0.2, 0) is 9.53 Å². The van der Waals surface area contributed by atoms with Gasteiger partial charge in [0.05, 0.1) is 18.8 Å². The highest BCUT2D eigenvalue weighted by atomic mass is 16.5. The van der Waals surface area contributed by atoms with Gasteiger partial charge in [-0.3, -0.25) is 19.7 Å². The molecule has 0 bridgehead atoms. The fraction of sp³-hybridized carbons (Fsp3) is 0.333. The van der Waals surface area contributed by atoms with Gasteiger partial charge in [-0.2, -0.15) is 5.10 Å². The zero-order valence-corrected chi connectivity index (χ0v) is 12.7. The molecule has 1 atom stereocenters. The molecule has 0 radical (unpaired) electrons. The lowest BCUT2D eigenvalue weighted by Crippen LogP contribution is -2.58. The van der Waals surface area contributed by atoms with Crippen molar-refractivity contribution < 1.29 is 14.3 Å². The van der Waals surface area contributed by atoms with E-state index in [0.29, 0.717) is 17.9 Å². The van der Waals surface area contributed by atoms with Gasteiger partial charge in [0.2, 0.25) is 0 Å². The summed E-state index contributed by atoms with van der Waals surface area (Å²) in [7, 11) is 0. The summed E-state index contributed by atoms with van der Waals surface area (Å²) in [4.78, 5) is 29.7. The van der Waals surface area contributed by atoms with Crippen LogP contribution in [0.25, 0.3) is 11.3 Å². The summed E-state index contributed by atoms with van der Waals surface area (Å²) in [6.45, 7) is 2.35. The molecule has 0 unspecified atom stereocenters. The minimum atomic E-state index is -1.17. The number of morpholine rings is 1. The van der Waals surface area contributed by atoms with E-state index in [2.05, 4.69) is 15.2 Å². The molecular formula is C15H17N5O3. The summed E-state index contributed by atoms with van der Waals surface area (Å²) in [5, 5.41) is 6.87. The molecule has 0 aromatic carbocycles. The molecule has 1 aliphatic heterocycles. The number of aromatic nitrogens is 3. The monoisotopic (exact) mass is 315 g/mol. The topological polar surface area (TPSA) is 114 Å². The Kier molecular flexibility index (Phi) is 3.83. The first-order valence-corrected chi connectivity index (χ1v) is 7.18. The summed E-state index contributed by atoms with van der Waals surface area (Å²) < 4.78 is 5.42. The van der Waals surface area contributed by atoms with E-state index in [4.69, 9.17) is 10.5 Å². The lowest BCUT2D eigenvalue weighted by molar-refractivity contribution is -0.150. The minimum Gasteiger partial charge on any atom is -0.367 e. The van der Waals surface area contributed by atoms with Crippen molar-refractivity contribution in [2.45, 2.75) is 12.5 Å². The van der Waals surface area contributed by atoms with Gasteiger partial charge in [-0.25, -0.2) is 0 Å². The molecule has 3 heterocycles. The van der Waals surface area contributed by atoms with Crippen LogP contribution < -0.4 is 5.73 Å². The third-order valence-corrected chi connectivity index (χ3v) is 3.85. The summed E-state index contributed by atoms with van der Waals surface area (Å²) >= 11 is 0. The number of ether oxygens (including phenoxy) is 1. The SMILES string of the molecule is C[C@@]1(C(N)=O)CN(C(=O)c2cc(-c3cccnc3)n[nH]2)CCO1. The van der Waals surface area contributed by atoms with Crippen molar-refractivity contribution in [2.24, 2.45) is 5.73 Å². The van der Waals surface area contributed by atoms with Crippen molar-refractivity contribution in [3.8, 4) is 11.3 Å². The average molecular weight is 315 g/mol. The molecule has 1 fully saturated rings. The highest BCUT2D eigenvalue weighted by Crippen LogP contribution is 2.21. The van der Waals surface area contributed by atoms with Crippen molar-refractivity contribution in [1.29, 1.82) is 0 Å². The van der Waals surface area contributed by atoms with Crippen molar-refractivity contribution in [2.75, 3.05) is 19.7 Å². The van der Waals surface area contributed by atoms with Gasteiger partial charge in [-0.05, 0) is 25.1 Å². The largest absolute Gasteiger partial charge is 0.367 e. The van der Waals surface area contributed by atoms with E-state index in [0.717, 1.165) is 5.56 Å². The molecule has 2 amide bonds. The second-order valence-electron chi connectivity index (χ2n) is 5.58.